The Morgan fingerprint density at radius 3 is 3.00 bits per heavy atom. The maximum atomic E-state index is 5.78. The van der Waals surface area contributed by atoms with Crippen LogP contribution in [0.25, 0.3) is 0 Å². The average molecular weight is 263 g/mol. The van der Waals surface area contributed by atoms with Crippen LogP contribution in [-0.4, -0.2) is 25.9 Å². The lowest BCUT2D eigenvalue weighted by molar-refractivity contribution is 0.112. The zero-order valence-electron chi connectivity index (χ0n) is 11.6. The first-order valence-corrected chi connectivity index (χ1v) is 7.04. The van der Waals surface area contributed by atoms with Gasteiger partial charge in [-0.05, 0) is 30.4 Å². The summed E-state index contributed by atoms with van der Waals surface area (Å²) in [4.78, 5) is 0. The van der Waals surface area contributed by atoms with Crippen LogP contribution in [0, 0.1) is 12.5 Å². The minimum Gasteiger partial charge on any atom is -0.478 e. The highest BCUT2D eigenvalue weighted by Crippen LogP contribution is 2.22. The van der Waals surface area contributed by atoms with Gasteiger partial charge in [0.15, 0.2) is 6.61 Å². The van der Waals surface area contributed by atoms with Crippen molar-refractivity contribution in [1.29, 1.82) is 0 Å². The molecule has 0 spiro atoms. The molecule has 0 aromatic rings. The maximum absolute atomic E-state index is 5.78. The summed E-state index contributed by atoms with van der Waals surface area (Å²) in [5.41, 5.74) is 1.08. The Bertz CT molecular complexity index is 347. The van der Waals surface area contributed by atoms with Gasteiger partial charge in [-0.3, -0.25) is 0 Å². The van der Waals surface area contributed by atoms with Crippen LogP contribution < -0.4 is 0 Å². The molecule has 0 aliphatic carbocycles. The van der Waals surface area contributed by atoms with E-state index >= 15 is 0 Å². The van der Waals surface area contributed by atoms with Crippen molar-refractivity contribution in [2.24, 2.45) is 5.92 Å². The van der Waals surface area contributed by atoms with Crippen molar-refractivity contribution in [1.82, 2.24) is 0 Å². The molecular formula is C16H23O3. The van der Waals surface area contributed by atoms with Crippen LogP contribution in [0.2, 0.25) is 0 Å². The van der Waals surface area contributed by atoms with E-state index in [1.54, 1.807) is 6.61 Å². The molecule has 2 aliphatic rings. The van der Waals surface area contributed by atoms with E-state index in [2.05, 4.69) is 13.5 Å². The molecule has 3 heteroatoms. The second-order valence-electron chi connectivity index (χ2n) is 5.07. The Labute approximate surface area is 115 Å². The fraction of sp³-hybridized carbons (Fsp3) is 0.562. The maximum Gasteiger partial charge on any atom is 0.199 e. The summed E-state index contributed by atoms with van der Waals surface area (Å²) < 4.78 is 16.0. The molecular weight excluding hydrogens is 240 g/mol. The van der Waals surface area contributed by atoms with Crippen LogP contribution in [0.15, 0.2) is 36.1 Å². The summed E-state index contributed by atoms with van der Waals surface area (Å²) in [6, 6.07) is 0. The molecule has 2 unspecified atom stereocenters. The molecule has 0 N–H and O–H groups in total. The van der Waals surface area contributed by atoms with Crippen LogP contribution in [0.4, 0.5) is 0 Å². The Hall–Kier alpha value is -1.06. The van der Waals surface area contributed by atoms with E-state index in [0.717, 1.165) is 31.0 Å². The molecule has 2 saturated heterocycles. The quantitative estimate of drug-likeness (QED) is 0.447. The van der Waals surface area contributed by atoms with E-state index in [1.165, 1.54) is 12.8 Å². The number of allylic oxidation sites excluding steroid dienone is 2. The lowest BCUT2D eigenvalue weighted by Gasteiger charge is -2.14. The molecule has 0 saturated carbocycles. The monoisotopic (exact) mass is 263 g/mol. The summed E-state index contributed by atoms with van der Waals surface area (Å²) in [5, 5.41) is 0. The van der Waals surface area contributed by atoms with Gasteiger partial charge in [-0.25, -0.2) is 0 Å². The van der Waals surface area contributed by atoms with Gasteiger partial charge < -0.3 is 14.2 Å². The average Bonchev–Trinajstić information content (AvgIpc) is 3.29. The lowest BCUT2D eigenvalue weighted by Crippen LogP contribution is -2.11. The zero-order chi connectivity index (χ0) is 13.5. The minimum atomic E-state index is 0.527. The molecule has 0 aromatic carbocycles. The van der Waals surface area contributed by atoms with Crippen LogP contribution in [0.3, 0.4) is 0 Å². The number of rotatable bonds is 10. The molecule has 3 nitrogen and oxygen atoms in total. The van der Waals surface area contributed by atoms with Crippen LogP contribution in [0.1, 0.15) is 26.2 Å². The van der Waals surface area contributed by atoms with Gasteiger partial charge in [0.2, 0.25) is 0 Å². The van der Waals surface area contributed by atoms with E-state index in [-0.39, 0.29) is 0 Å². The van der Waals surface area contributed by atoms with Crippen molar-refractivity contribution in [3.8, 4) is 0 Å². The molecule has 2 fully saturated rings. The van der Waals surface area contributed by atoms with E-state index in [4.69, 9.17) is 14.2 Å². The second-order valence-corrected chi connectivity index (χ2v) is 5.07. The van der Waals surface area contributed by atoms with Gasteiger partial charge in [-0.1, -0.05) is 32.1 Å². The van der Waals surface area contributed by atoms with Gasteiger partial charge in [0, 0.05) is 6.61 Å². The highest BCUT2D eigenvalue weighted by atomic mass is 16.6. The standard InChI is InChI=1S/C16H23O3/c1-3-13(5-7-15-11-18-15)9-17-10-14(4-2)6-8-16-12-19-16/h3,5,7,11,14,16H,1,4,6,8-10,12H2,2H3/b13-5+,15-7?. The molecule has 1 radical (unpaired) electrons. The largest absolute Gasteiger partial charge is 0.478 e. The highest BCUT2D eigenvalue weighted by Gasteiger charge is 2.23. The van der Waals surface area contributed by atoms with Crippen molar-refractivity contribution in [2.45, 2.75) is 32.3 Å². The third-order valence-electron chi connectivity index (χ3n) is 3.48. The molecule has 2 aliphatic heterocycles. The van der Waals surface area contributed by atoms with Gasteiger partial charge >= 0.3 is 0 Å². The third kappa shape index (κ3) is 6.08. The van der Waals surface area contributed by atoms with Crippen molar-refractivity contribution in [3.05, 3.63) is 42.7 Å². The van der Waals surface area contributed by atoms with E-state index < -0.39 is 0 Å². The molecule has 105 valence electrons. The summed E-state index contributed by atoms with van der Waals surface area (Å²) in [5.74, 6) is 1.55. The number of hydrogen-bond donors (Lipinski definition) is 0. The summed E-state index contributed by atoms with van der Waals surface area (Å²) in [6.07, 6.45) is 9.81. The first-order valence-electron chi connectivity index (χ1n) is 7.04. The Morgan fingerprint density at radius 2 is 2.42 bits per heavy atom. The summed E-state index contributed by atoms with van der Waals surface area (Å²) in [6.45, 7) is 10.1. The molecule has 0 amide bonds. The molecule has 2 heterocycles. The fourth-order valence-electron chi connectivity index (χ4n) is 1.88. The number of epoxide rings is 2. The SMILES string of the molecule is C=C/C(=C\C=C1[CH]O1)COCC(CC)CCC1CO1. The topological polar surface area (TPSA) is 34.3 Å². The second kappa shape index (κ2) is 7.51. The lowest BCUT2D eigenvalue weighted by atomic mass is 10.0. The van der Waals surface area contributed by atoms with E-state index in [0.29, 0.717) is 18.6 Å². The van der Waals surface area contributed by atoms with Gasteiger partial charge in [0.25, 0.3) is 0 Å². The van der Waals surface area contributed by atoms with Crippen LogP contribution in [-0.2, 0) is 14.2 Å². The molecule has 2 rings (SSSR count). The van der Waals surface area contributed by atoms with Crippen LogP contribution in [0.5, 0.6) is 0 Å². The minimum absolute atomic E-state index is 0.527. The van der Waals surface area contributed by atoms with Gasteiger partial charge in [-0.15, -0.1) is 0 Å². The van der Waals surface area contributed by atoms with Crippen LogP contribution >= 0.6 is 0 Å². The zero-order valence-corrected chi connectivity index (χ0v) is 11.6. The Balaban J connectivity index is 1.63. The smallest absolute Gasteiger partial charge is 0.199 e. The summed E-state index contributed by atoms with van der Waals surface area (Å²) >= 11 is 0. The first kappa shape index (κ1) is 14.4. The predicted molar refractivity (Wildman–Crippen MR) is 75.3 cm³/mol. The van der Waals surface area contributed by atoms with Gasteiger partial charge in [0.05, 0.1) is 19.3 Å². The van der Waals surface area contributed by atoms with Crippen molar-refractivity contribution >= 4 is 0 Å². The van der Waals surface area contributed by atoms with Crippen molar-refractivity contribution < 1.29 is 14.2 Å². The highest BCUT2D eigenvalue weighted by molar-refractivity contribution is 5.28. The summed E-state index contributed by atoms with van der Waals surface area (Å²) in [7, 11) is 0. The number of ether oxygens (including phenoxy) is 3. The number of hydrogen-bond acceptors (Lipinski definition) is 3. The van der Waals surface area contributed by atoms with E-state index in [9.17, 15) is 0 Å². The van der Waals surface area contributed by atoms with E-state index in [1.807, 2.05) is 18.2 Å². The van der Waals surface area contributed by atoms with Gasteiger partial charge in [0.1, 0.15) is 5.76 Å². The Morgan fingerprint density at radius 1 is 1.63 bits per heavy atom. The van der Waals surface area contributed by atoms with Crippen molar-refractivity contribution in [3.63, 3.8) is 0 Å². The third-order valence-corrected chi connectivity index (χ3v) is 3.48. The predicted octanol–water partition coefficient (Wildman–Crippen LogP) is 3.40. The Kier molecular flexibility index (Phi) is 5.67. The molecule has 0 aromatic heterocycles. The first-order chi connectivity index (χ1) is 9.31. The molecule has 19 heavy (non-hydrogen) atoms. The fourth-order valence-corrected chi connectivity index (χ4v) is 1.88. The van der Waals surface area contributed by atoms with Crippen molar-refractivity contribution in [2.75, 3.05) is 19.8 Å². The molecule has 0 bridgehead atoms. The molecule has 2 atom stereocenters. The normalized spacial score (nSPS) is 25.0. The van der Waals surface area contributed by atoms with Gasteiger partial charge in [-0.2, -0.15) is 0 Å².